The first-order valence-corrected chi connectivity index (χ1v) is 17.3. The average molecular weight is 724 g/mol. The number of amides is 2. The third-order valence-corrected chi connectivity index (χ3v) is 10.8. The zero-order valence-corrected chi connectivity index (χ0v) is 28.4. The molecule has 19 heteroatoms. The number of fused-ring (bicyclic) bond motifs is 2. The molecule has 0 spiro atoms. The highest BCUT2D eigenvalue weighted by Gasteiger charge is 2.53. The van der Waals surface area contributed by atoms with Gasteiger partial charge in [0.15, 0.2) is 29.8 Å². The number of nitrogen functional groups attached to an aromatic ring is 2. The number of hydrogen-bond acceptors (Lipinski definition) is 13. The monoisotopic (exact) mass is 723 g/mol. The van der Waals surface area contributed by atoms with Gasteiger partial charge in [-0.1, -0.05) is 5.16 Å². The van der Waals surface area contributed by atoms with Gasteiger partial charge in [-0.25, -0.2) is 14.3 Å². The van der Waals surface area contributed by atoms with Crippen molar-refractivity contribution in [2.24, 2.45) is 10.9 Å². The summed E-state index contributed by atoms with van der Waals surface area (Å²) in [4.78, 5) is 61.9. The first-order valence-electron chi connectivity index (χ1n) is 14.5. The fourth-order valence-electron chi connectivity index (χ4n) is 5.22. The first kappa shape index (κ1) is 33.6. The van der Waals surface area contributed by atoms with E-state index in [0.29, 0.717) is 17.7 Å². The van der Waals surface area contributed by atoms with Crippen LogP contribution in [0.5, 0.6) is 0 Å². The molecule has 49 heavy (non-hydrogen) atoms. The molecule has 0 bridgehead atoms. The Kier molecular flexibility index (Phi) is 8.90. The first-order chi connectivity index (χ1) is 23.2. The summed E-state index contributed by atoms with van der Waals surface area (Å²) in [5.41, 5.74) is 11.0. The van der Waals surface area contributed by atoms with Crippen molar-refractivity contribution in [1.82, 2.24) is 19.8 Å². The summed E-state index contributed by atoms with van der Waals surface area (Å²) in [6, 6.07) is 4.64. The second-order valence-electron chi connectivity index (χ2n) is 11.6. The zero-order valence-electron chi connectivity index (χ0n) is 25.9. The Labute approximate surface area is 290 Å². The van der Waals surface area contributed by atoms with Gasteiger partial charge in [0.05, 0.1) is 29.1 Å². The number of pyridine rings is 1. The second kappa shape index (κ2) is 13.0. The number of carboxylic acid groups (broad SMARTS) is 2. The fourth-order valence-corrected chi connectivity index (χ4v) is 7.99. The molecule has 4 aromatic heterocycles. The maximum absolute atomic E-state index is 13.3. The smallest absolute Gasteiger partial charge is 0.350 e. The molecule has 7 N–H and O–H groups in total. The van der Waals surface area contributed by atoms with Crippen LogP contribution in [0.1, 0.15) is 30.0 Å². The molecule has 1 saturated heterocycles. The number of aromatic nitrogens is 3. The minimum Gasteiger partial charge on any atom is -0.543 e. The Morgan fingerprint density at radius 2 is 2.06 bits per heavy atom. The fraction of sp³-hybridized carbons (Fsp3) is 0.267. The van der Waals surface area contributed by atoms with Crippen molar-refractivity contribution < 1.29 is 38.8 Å². The molecule has 2 aliphatic rings. The number of aliphatic carboxylic acids is 2. The van der Waals surface area contributed by atoms with E-state index in [1.165, 1.54) is 42.3 Å². The number of hydrogen-bond donors (Lipinski definition) is 5. The Balaban J connectivity index is 1.18. The van der Waals surface area contributed by atoms with Crippen LogP contribution in [-0.4, -0.2) is 77.6 Å². The van der Waals surface area contributed by atoms with Crippen molar-refractivity contribution in [3.63, 3.8) is 0 Å². The van der Waals surface area contributed by atoms with E-state index in [1.54, 1.807) is 0 Å². The quantitative estimate of drug-likeness (QED) is 0.0430. The normalized spacial score (nSPS) is 17.9. The van der Waals surface area contributed by atoms with Gasteiger partial charge < -0.3 is 41.2 Å². The number of nitrogens with one attached hydrogen (secondary N) is 2. The van der Waals surface area contributed by atoms with Crippen molar-refractivity contribution in [2.75, 3.05) is 11.5 Å². The summed E-state index contributed by atoms with van der Waals surface area (Å²) < 4.78 is 3.89. The van der Waals surface area contributed by atoms with Crippen LogP contribution >= 0.6 is 34.4 Å². The lowest BCUT2D eigenvalue weighted by Crippen LogP contribution is -2.71. The molecule has 16 nitrogen and oxygen atoms in total. The van der Waals surface area contributed by atoms with E-state index in [-0.39, 0.29) is 34.7 Å². The number of nitrogens with two attached hydrogens (primary N) is 2. The molecule has 0 radical (unpaired) electrons. The molecule has 0 aromatic carbocycles. The van der Waals surface area contributed by atoms with Crippen molar-refractivity contribution >= 4 is 85.8 Å². The molecular formula is C30H29N9O7S3. The van der Waals surface area contributed by atoms with E-state index in [4.69, 9.17) is 21.7 Å². The minimum atomic E-state index is -1.78. The van der Waals surface area contributed by atoms with E-state index >= 15 is 0 Å². The van der Waals surface area contributed by atoms with Gasteiger partial charge in [-0.05, 0) is 26.0 Å². The van der Waals surface area contributed by atoms with Gasteiger partial charge in [-0.3, -0.25) is 19.9 Å². The molecule has 0 saturated carbocycles. The van der Waals surface area contributed by atoms with Crippen LogP contribution in [0, 0.1) is 5.41 Å². The average Bonchev–Trinajstić information content (AvgIpc) is 3.80. The molecule has 4 aromatic rings. The zero-order chi connectivity index (χ0) is 35.2. The van der Waals surface area contributed by atoms with Crippen LogP contribution in [0.4, 0.5) is 5.13 Å². The molecule has 0 aliphatic carbocycles. The summed E-state index contributed by atoms with van der Waals surface area (Å²) in [5.74, 6) is -4.13. The van der Waals surface area contributed by atoms with Crippen LogP contribution < -0.4 is 26.5 Å². The van der Waals surface area contributed by atoms with Gasteiger partial charge in [0.25, 0.3) is 11.8 Å². The van der Waals surface area contributed by atoms with Gasteiger partial charge in [-0.2, -0.15) is 0 Å². The molecule has 2 aliphatic heterocycles. The number of amidine groups is 1. The SMILES string of the molecule is CC(C)(O/N=C(\C(=O)N[C@@H]1C(=O)N2C(C(=O)[O-])=C(C[n+]3ccc4c(ccn4Cc4cc(C(=N)N)cs4)c3)CS[C@H]12)c1csc(N)n1)C(=O)O. The standard InChI is InChI=1S/C30H29N9O7S3/c1-30(2,28(44)45)46-36-20(18-13-49-29(33)34-18)24(40)35-21-25(41)39-22(27(42)43)16(12-48-26(21)39)9-37-5-4-19-14(8-37)3-6-38(19)10-17-7-15(11-47-17)23(31)32/h3-8,11,13,21,26H,9-10,12H2,1-2H3,(H7-,31,32,33,34,35,40,42,43,44,45)/b36-20-/t21-,26-/m1/s1. The lowest BCUT2D eigenvalue weighted by atomic mass is 10.0. The summed E-state index contributed by atoms with van der Waals surface area (Å²) in [6.45, 7) is 3.26. The van der Waals surface area contributed by atoms with Crippen molar-refractivity contribution in [3.05, 3.63) is 75.0 Å². The van der Waals surface area contributed by atoms with Crippen LogP contribution in [0.15, 0.2) is 64.0 Å². The van der Waals surface area contributed by atoms with Gasteiger partial charge in [0.1, 0.15) is 22.9 Å². The lowest BCUT2D eigenvalue weighted by Gasteiger charge is -2.50. The molecule has 2 atom stereocenters. The Bertz CT molecular complexity index is 2100. The Hall–Kier alpha value is -5.27. The third kappa shape index (κ3) is 6.59. The second-order valence-corrected chi connectivity index (χ2v) is 14.6. The molecule has 254 valence electrons. The molecule has 6 rings (SSSR count). The van der Waals surface area contributed by atoms with Gasteiger partial charge in [0.2, 0.25) is 5.60 Å². The number of carbonyl (C=O) groups is 4. The van der Waals surface area contributed by atoms with Crippen LogP contribution in [0.3, 0.4) is 0 Å². The number of anilines is 1. The predicted octanol–water partition coefficient (Wildman–Crippen LogP) is 0.0494. The lowest BCUT2D eigenvalue weighted by molar-refractivity contribution is -0.687. The highest BCUT2D eigenvalue weighted by molar-refractivity contribution is 8.00. The van der Waals surface area contributed by atoms with E-state index in [1.807, 2.05) is 46.7 Å². The number of oxime groups is 1. The van der Waals surface area contributed by atoms with Crippen molar-refractivity contribution in [3.8, 4) is 0 Å². The van der Waals surface area contributed by atoms with Crippen LogP contribution in [0.2, 0.25) is 0 Å². The molecule has 2 amide bonds. The van der Waals surface area contributed by atoms with Gasteiger partial charge in [-0.15, -0.1) is 34.4 Å². The molecule has 6 heterocycles. The number of carbonyl (C=O) groups excluding carboxylic acids is 3. The highest BCUT2D eigenvalue weighted by Crippen LogP contribution is 2.40. The molecule has 0 unspecified atom stereocenters. The van der Waals surface area contributed by atoms with E-state index in [0.717, 1.165) is 32.0 Å². The summed E-state index contributed by atoms with van der Waals surface area (Å²) in [6.07, 6.45) is 5.66. The van der Waals surface area contributed by atoms with Gasteiger partial charge in [0, 0.05) is 44.8 Å². The number of carboxylic acids is 2. The van der Waals surface area contributed by atoms with Crippen LogP contribution in [0.25, 0.3) is 10.9 Å². The number of thioether (sulfide) groups is 1. The Morgan fingerprint density at radius 1 is 1.29 bits per heavy atom. The summed E-state index contributed by atoms with van der Waals surface area (Å²) >= 11 is 3.82. The van der Waals surface area contributed by atoms with E-state index in [9.17, 15) is 29.4 Å². The maximum atomic E-state index is 13.3. The number of β-lactam (4-membered cyclic amide) rings is 1. The summed E-state index contributed by atoms with van der Waals surface area (Å²) in [7, 11) is 0. The number of thiophene rings is 1. The molecule has 1 fully saturated rings. The topological polar surface area (TPSA) is 246 Å². The third-order valence-electron chi connectivity index (χ3n) is 7.82. The molecular weight excluding hydrogens is 695 g/mol. The highest BCUT2D eigenvalue weighted by atomic mass is 32.2. The van der Waals surface area contributed by atoms with Gasteiger partial charge >= 0.3 is 5.97 Å². The van der Waals surface area contributed by atoms with E-state index in [2.05, 4.69) is 20.0 Å². The van der Waals surface area contributed by atoms with Crippen molar-refractivity contribution in [1.29, 1.82) is 5.41 Å². The maximum Gasteiger partial charge on any atom is 0.350 e. The summed E-state index contributed by atoms with van der Waals surface area (Å²) in [5, 5.41) is 39.3. The van der Waals surface area contributed by atoms with Crippen molar-refractivity contribution in [2.45, 2.75) is 44.0 Å². The minimum absolute atomic E-state index is 0.0108. The number of rotatable bonds is 12. The number of thiazole rings is 1. The number of nitrogens with zero attached hydrogens (tertiary/aromatic N) is 5. The Morgan fingerprint density at radius 3 is 2.71 bits per heavy atom. The van der Waals surface area contributed by atoms with Crippen LogP contribution in [-0.2, 0) is 37.1 Å². The van der Waals surface area contributed by atoms with E-state index < -0.39 is 46.5 Å². The predicted molar refractivity (Wildman–Crippen MR) is 179 cm³/mol. The largest absolute Gasteiger partial charge is 0.543 e.